The number of aliphatic carboxylic acids is 1. The number of carbonyl (C=O) groups excluding carboxylic acids is 2. The van der Waals surface area contributed by atoms with Crippen LogP contribution in [0.15, 0.2) is 65.4 Å². The number of hydrogen-bond acceptors (Lipinski definition) is 7. The summed E-state index contributed by atoms with van der Waals surface area (Å²) in [5.74, 6) is -0.875. The fourth-order valence-electron chi connectivity index (χ4n) is 5.11. The molecule has 6 rings (SSSR count). The van der Waals surface area contributed by atoms with Crippen LogP contribution in [-0.4, -0.2) is 53.6 Å². The van der Waals surface area contributed by atoms with Gasteiger partial charge in [0.25, 0.3) is 5.91 Å². The Morgan fingerprint density at radius 3 is 2.69 bits per heavy atom. The lowest BCUT2D eigenvalue weighted by molar-refractivity contribution is -0.137. The van der Waals surface area contributed by atoms with Gasteiger partial charge in [0.15, 0.2) is 0 Å². The highest BCUT2D eigenvalue weighted by Crippen LogP contribution is 2.42. The van der Waals surface area contributed by atoms with Crippen molar-refractivity contribution in [1.82, 2.24) is 10.3 Å². The molecule has 1 aliphatic heterocycles. The zero-order chi connectivity index (χ0) is 29.4. The molecule has 1 aliphatic carbocycles. The zero-order valence-corrected chi connectivity index (χ0v) is 23.4. The van der Waals surface area contributed by atoms with E-state index < -0.39 is 18.4 Å². The Morgan fingerprint density at radius 2 is 1.93 bits per heavy atom. The van der Waals surface area contributed by atoms with Crippen LogP contribution in [0.5, 0.6) is 11.5 Å². The van der Waals surface area contributed by atoms with E-state index in [-0.39, 0.29) is 10.9 Å². The number of carboxylic acids is 1. The van der Waals surface area contributed by atoms with Crippen LogP contribution in [0.3, 0.4) is 0 Å². The first-order valence-corrected chi connectivity index (χ1v) is 13.9. The van der Waals surface area contributed by atoms with Crippen LogP contribution in [0.1, 0.15) is 34.5 Å². The Hall–Kier alpha value is -4.83. The van der Waals surface area contributed by atoms with Crippen molar-refractivity contribution in [2.24, 2.45) is 0 Å². The van der Waals surface area contributed by atoms with Gasteiger partial charge in [-0.25, -0.2) is 0 Å². The Morgan fingerprint density at radius 1 is 1.14 bits per heavy atom. The van der Waals surface area contributed by atoms with Crippen LogP contribution in [-0.2, 0) is 9.59 Å². The highest BCUT2D eigenvalue weighted by atomic mass is 35.5. The fourth-order valence-corrected chi connectivity index (χ4v) is 5.30. The van der Waals surface area contributed by atoms with E-state index in [1.807, 2.05) is 25.1 Å². The molecule has 214 valence electrons. The standard InChI is InChI=1S/C31H27ClN4O6/c1-18-20-14-28(22(32)15-27(20)41-25(18)8-9-29(37)34-17-30(38)39)42-26-10-11-33-16-21(26)31(40)36-13-12-35(19-6-7-19)23-4-2-3-5-24(23)36/h2-5,8-11,14-16,19H,6-7,12-13,17H2,1H3,(H,34,37)(H,38,39). The molecule has 1 saturated carbocycles. The van der Waals surface area contributed by atoms with Gasteiger partial charge >= 0.3 is 5.97 Å². The van der Waals surface area contributed by atoms with E-state index in [4.69, 9.17) is 25.9 Å². The first-order chi connectivity index (χ1) is 20.3. The third-order valence-corrected chi connectivity index (χ3v) is 7.63. The predicted molar refractivity (Wildman–Crippen MR) is 158 cm³/mol. The minimum Gasteiger partial charge on any atom is -0.480 e. The van der Waals surface area contributed by atoms with Crippen molar-refractivity contribution in [3.8, 4) is 11.5 Å². The summed E-state index contributed by atoms with van der Waals surface area (Å²) >= 11 is 6.57. The molecule has 0 saturated heterocycles. The summed E-state index contributed by atoms with van der Waals surface area (Å²) in [5.41, 5.74) is 3.43. The average Bonchev–Trinajstić information content (AvgIpc) is 3.79. The molecule has 42 heavy (non-hydrogen) atoms. The van der Waals surface area contributed by atoms with Gasteiger partial charge in [-0.3, -0.25) is 19.4 Å². The Labute approximate surface area is 246 Å². The Bertz CT molecular complexity index is 1740. The summed E-state index contributed by atoms with van der Waals surface area (Å²) in [4.78, 5) is 44.8. The second-order valence-corrected chi connectivity index (χ2v) is 10.6. The number of aromatic nitrogens is 1. The van der Waals surface area contributed by atoms with E-state index in [2.05, 4.69) is 21.3 Å². The molecule has 0 atom stereocenters. The number of fused-ring (bicyclic) bond motifs is 2. The summed E-state index contributed by atoms with van der Waals surface area (Å²) in [6, 6.07) is 13.4. The number of rotatable bonds is 8. The molecule has 4 aromatic rings. The number of ether oxygens (including phenoxy) is 1. The van der Waals surface area contributed by atoms with Crippen molar-refractivity contribution in [3.63, 3.8) is 0 Å². The number of nitrogens with one attached hydrogen (secondary N) is 1. The third kappa shape index (κ3) is 5.40. The number of carboxylic acid groups (broad SMARTS) is 1. The van der Waals surface area contributed by atoms with Crippen LogP contribution in [0.2, 0.25) is 5.02 Å². The highest BCUT2D eigenvalue weighted by molar-refractivity contribution is 6.32. The predicted octanol–water partition coefficient (Wildman–Crippen LogP) is 5.43. The molecule has 11 heteroatoms. The van der Waals surface area contributed by atoms with Gasteiger partial charge in [0, 0.05) is 54.6 Å². The molecule has 1 fully saturated rings. The number of nitrogens with zero attached hydrogens (tertiary/aromatic N) is 3. The largest absolute Gasteiger partial charge is 0.480 e. The van der Waals surface area contributed by atoms with Gasteiger partial charge < -0.3 is 29.4 Å². The fraction of sp³-hybridized carbons (Fsp3) is 0.226. The van der Waals surface area contributed by atoms with Gasteiger partial charge in [0.2, 0.25) is 5.91 Å². The molecule has 2 aromatic heterocycles. The smallest absolute Gasteiger partial charge is 0.322 e. The monoisotopic (exact) mass is 586 g/mol. The van der Waals surface area contributed by atoms with Gasteiger partial charge in [0.05, 0.1) is 16.4 Å². The van der Waals surface area contributed by atoms with Gasteiger partial charge in [-0.1, -0.05) is 23.7 Å². The van der Waals surface area contributed by atoms with E-state index in [0.29, 0.717) is 46.4 Å². The maximum absolute atomic E-state index is 13.9. The second kappa shape index (κ2) is 11.2. The van der Waals surface area contributed by atoms with Gasteiger partial charge in [0.1, 0.15) is 35.0 Å². The summed E-state index contributed by atoms with van der Waals surface area (Å²) < 4.78 is 12.1. The normalized spacial score (nSPS) is 14.7. The number of carbonyl (C=O) groups is 3. The summed E-state index contributed by atoms with van der Waals surface area (Å²) in [5, 5.41) is 11.9. The molecule has 10 nitrogen and oxygen atoms in total. The second-order valence-electron chi connectivity index (χ2n) is 10.2. The third-order valence-electron chi connectivity index (χ3n) is 7.34. The number of furan rings is 1. The summed E-state index contributed by atoms with van der Waals surface area (Å²) in [6.45, 7) is 2.64. The number of anilines is 2. The van der Waals surface area contributed by atoms with Crippen LogP contribution in [0.4, 0.5) is 11.4 Å². The maximum atomic E-state index is 13.9. The Balaban J connectivity index is 1.27. The van der Waals surface area contributed by atoms with Crippen LogP contribution < -0.4 is 19.9 Å². The van der Waals surface area contributed by atoms with Crippen molar-refractivity contribution in [2.75, 3.05) is 29.4 Å². The number of aryl methyl sites for hydroxylation is 1. The van der Waals surface area contributed by atoms with E-state index in [0.717, 1.165) is 23.5 Å². The Kier molecular flexibility index (Phi) is 7.30. The summed E-state index contributed by atoms with van der Waals surface area (Å²) in [7, 11) is 0. The van der Waals surface area contributed by atoms with E-state index >= 15 is 0 Å². The number of halogens is 1. The number of hydrogen-bond donors (Lipinski definition) is 2. The topological polar surface area (TPSA) is 125 Å². The first kappa shape index (κ1) is 27.3. The molecule has 0 spiro atoms. The van der Waals surface area contributed by atoms with Crippen molar-refractivity contribution >= 4 is 57.8 Å². The van der Waals surface area contributed by atoms with Crippen molar-refractivity contribution in [1.29, 1.82) is 0 Å². The van der Waals surface area contributed by atoms with Crippen LogP contribution >= 0.6 is 11.6 Å². The molecule has 2 aliphatic rings. The SMILES string of the molecule is Cc1c(C=CC(=O)NCC(=O)O)oc2cc(Cl)c(Oc3ccncc3C(=O)N3CCN(C4CC4)c4ccccc43)cc12. The molecule has 2 amide bonds. The van der Waals surface area contributed by atoms with Crippen molar-refractivity contribution < 1.29 is 28.6 Å². The van der Waals surface area contributed by atoms with E-state index in [1.165, 1.54) is 31.2 Å². The quantitative estimate of drug-likeness (QED) is 0.262. The van der Waals surface area contributed by atoms with E-state index in [9.17, 15) is 14.4 Å². The lowest BCUT2D eigenvalue weighted by Gasteiger charge is -2.38. The molecular formula is C31H27ClN4O6. The number of para-hydroxylation sites is 2. The number of amides is 2. The molecule has 2 aromatic carbocycles. The molecule has 0 radical (unpaired) electrons. The highest BCUT2D eigenvalue weighted by Gasteiger charge is 2.36. The number of benzene rings is 2. The molecule has 2 N–H and O–H groups in total. The van der Waals surface area contributed by atoms with Crippen LogP contribution in [0, 0.1) is 6.92 Å². The van der Waals surface area contributed by atoms with Gasteiger partial charge in [-0.2, -0.15) is 0 Å². The minimum atomic E-state index is -1.14. The van der Waals surface area contributed by atoms with E-state index in [1.54, 1.807) is 29.3 Å². The maximum Gasteiger partial charge on any atom is 0.322 e. The molecule has 0 bridgehead atoms. The summed E-state index contributed by atoms with van der Waals surface area (Å²) in [6.07, 6.45) is 8.06. The van der Waals surface area contributed by atoms with Crippen molar-refractivity contribution in [2.45, 2.75) is 25.8 Å². The molecule has 0 unspecified atom stereocenters. The van der Waals surface area contributed by atoms with Gasteiger partial charge in [-0.15, -0.1) is 0 Å². The number of pyridine rings is 1. The first-order valence-electron chi connectivity index (χ1n) is 13.5. The zero-order valence-electron chi connectivity index (χ0n) is 22.7. The van der Waals surface area contributed by atoms with Crippen LogP contribution in [0.25, 0.3) is 17.0 Å². The van der Waals surface area contributed by atoms with Gasteiger partial charge in [-0.05, 0) is 50.1 Å². The van der Waals surface area contributed by atoms with Crippen molar-refractivity contribution in [3.05, 3.63) is 82.8 Å². The lowest BCUT2D eigenvalue weighted by Crippen LogP contribution is -2.45. The molecule has 3 heterocycles. The molecular weight excluding hydrogens is 560 g/mol. The minimum absolute atomic E-state index is 0.216. The lowest BCUT2D eigenvalue weighted by atomic mass is 10.1. The average molecular weight is 587 g/mol.